The summed E-state index contributed by atoms with van der Waals surface area (Å²) >= 11 is 0. The molecule has 0 aliphatic carbocycles. The lowest BCUT2D eigenvalue weighted by atomic mass is 10.3. The van der Waals surface area contributed by atoms with Gasteiger partial charge in [-0.2, -0.15) is 15.0 Å². The van der Waals surface area contributed by atoms with Crippen molar-refractivity contribution in [1.82, 2.24) is 19.9 Å². The summed E-state index contributed by atoms with van der Waals surface area (Å²) < 4.78 is 0. The topological polar surface area (TPSA) is 94.6 Å². The molecule has 2 fully saturated rings. The van der Waals surface area contributed by atoms with E-state index in [0.717, 1.165) is 45.8 Å². The minimum absolute atomic E-state index is 0.206. The molecule has 3 N–H and O–H groups in total. The molecule has 116 valence electrons. The first-order chi connectivity index (χ1) is 10.3. The molecule has 0 aromatic carbocycles. The van der Waals surface area contributed by atoms with Gasteiger partial charge in [0, 0.05) is 45.8 Å². The van der Waals surface area contributed by atoms with Crippen molar-refractivity contribution in [3.63, 3.8) is 0 Å². The third-order valence-electron chi connectivity index (χ3n) is 4.09. The second kappa shape index (κ2) is 6.40. The third-order valence-corrected chi connectivity index (χ3v) is 4.09. The van der Waals surface area contributed by atoms with Crippen molar-refractivity contribution in [1.29, 1.82) is 0 Å². The lowest BCUT2D eigenvalue weighted by molar-refractivity contribution is 0.188. The average molecular weight is 293 g/mol. The van der Waals surface area contributed by atoms with Gasteiger partial charge in [-0.25, -0.2) is 0 Å². The van der Waals surface area contributed by atoms with Crippen LogP contribution in [0, 0.1) is 0 Å². The third kappa shape index (κ3) is 3.33. The van der Waals surface area contributed by atoms with Crippen molar-refractivity contribution < 1.29 is 5.11 Å². The van der Waals surface area contributed by atoms with Gasteiger partial charge in [-0.1, -0.05) is 0 Å². The number of rotatable bonds is 4. The van der Waals surface area contributed by atoms with Gasteiger partial charge >= 0.3 is 0 Å². The van der Waals surface area contributed by atoms with Gasteiger partial charge in [0.2, 0.25) is 17.8 Å². The van der Waals surface area contributed by atoms with Crippen LogP contribution >= 0.6 is 0 Å². The molecule has 0 bridgehead atoms. The molecule has 0 spiro atoms. The number of hydrogen-bond donors (Lipinski definition) is 2. The van der Waals surface area contributed by atoms with Crippen LogP contribution in [0.25, 0.3) is 0 Å². The van der Waals surface area contributed by atoms with Crippen molar-refractivity contribution in [2.75, 3.05) is 68.0 Å². The highest BCUT2D eigenvalue weighted by Crippen LogP contribution is 2.20. The van der Waals surface area contributed by atoms with Gasteiger partial charge in [0.15, 0.2) is 0 Å². The van der Waals surface area contributed by atoms with Crippen molar-refractivity contribution in [3.8, 4) is 0 Å². The SMILES string of the molecule is Nc1nc(N2CCCC2)nc(N2CCN(CCO)CC2)n1. The van der Waals surface area contributed by atoms with Crippen LogP contribution in [0.5, 0.6) is 0 Å². The van der Waals surface area contributed by atoms with Crippen LogP contribution in [0.15, 0.2) is 0 Å². The first-order valence-corrected chi connectivity index (χ1v) is 7.61. The van der Waals surface area contributed by atoms with Crippen molar-refractivity contribution in [2.45, 2.75) is 12.8 Å². The molecule has 8 nitrogen and oxygen atoms in total. The van der Waals surface area contributed by atoms with Crippen LogP contribution < -0.4 is 15.5 Å². The van der Waals surface area contributed by atoms with E-state index in [9.17, 15) is 0 Å². The molecular weight excluding hydrogens is 270 g/mol. The summed E-state index contributed by atoms with van der Waals surface area (Å²) in [6, 6.07) is 0. The fourth-order valence-corrected chi connectivity index (χ4v) is 2.88. The fraction of sp³-hybridized carbons (Fsp3) is 0.769. The fourth-order valence-electron chi connectivity index (χ4n) is 2.88. The number of piperazine rings is 1. The summed E-state index contributed by atoms with van der Waals surface area (Å²) in [6.07, 6.45) is 2.36. The summed E-state index contributed by atoms with van der Waals surface area (Å²) in [5, 5.41) is 8.99. The highest BCUT2D eigenvalue weighted by Gasteiger charge is 2.22. The monoisotopic (exact) mass is 293 g/mol. The number of nitrogen functional groups attached to an aromatic ring is 1. The lowest BCUT2D eigenvalue weighted by Crippen LogP contribution is -2.47. The highest BCUT2D eigenvalue weighted by molar-refractivity contribution is 5.44. The van der Waals surface area contributed by atoms with Gasteiger partial charge < -0.3 is 20.6 Å². The molecule has 8 heteroatoms. The molecule has 2 aliphatic rings. The predicted octanol–water partition coefficient (Wildman–Crippen LogP) is -0.832. The van der Waals surface area contributed by atoms with E-state index in [1.807, 2.05) is 0 Å². The van der Waals surface area contributed by atoms with E-state index in [1.54, 1.807) is 0 Å². The number of hydrogen-bond acceptors (Lipinski definition) is 8. The van der Waals surface area contributed by atoms with E-state index in [0.29, 0.717) is 17.8 Å². The molecule has 1 aromatic rings. The lowest BCUT2D eigenvalue weighted by Gasteiger charge is -2.34. The van der Waals surface area contributed by atoms with Gasteiger partial charge in [0.1, 0.15) is 0 Å². The molecule has 0 saturated carbocycles. The zero-order valence-corrected chi connectivity index (χ0v) is 12.3. The van der Waals surface area contributed by atoms with Gasteiger partial charge in [0.05, 0.1) is 6.61 Å². The van der Waals surface area contributed by atoms with Crippen LogP contribution in [0.1, 0.15) is 12.8 Å². The number of nitrogens with zero attached hydrogens (tertiary/aromatic N) is 6. The van der Waals surface area contributed by atoms with Crippen molar-refractivity contribution in [2.24, 2.45) is 0 Å². The Labute approximate surface area is 124 Å². The van der Waals surface area contributed by atoms with E-state index in [1.165, 1.54) is 12.8 Å². The first kappa shape index (κ1) is 14.3. The van der Waals surface area contributed by atoms with Gasteiger partial charge in [0.25, 0.3) is 0 Å². The molecule has 2 aliphatic heterocycles. The summed E-state index contributed by atoms with van der Waals surface area (Å²) in [6.45, 7) is 6.44. The molecule has 3 heterocycles. The zero-order valence-electron chi connectivity index (χ0n) is 12.3. The molecule has 1 aromatic heterocycles. The molecule has 0 amide bonds. The van der Waals surface area contributed by atoms with Crippen LogP contribution in [0.4, 0.5) is 17.8 Å². The minimum Gasteiger partial charge on any atom is -0.395 e. The van der Waals surface area contributed by atoms with E-state index >= 15 is 0 Å². The second-order valence-electron chi connectivity index (χ2n) is 5.54. The molecule has 0 unspecified atom stereocenters. The largest absolute Gasteiger partial charge is 0.395 e. The van der Waals surface area contributed by atoms with Crippen LogP contribution in [-0.4, -0.2) is 77.4 Å². The summed E-state index contributed by atoms with van der Waals surface area (Å²) in [4.78, 5) is 19.7. The quantitative estimate of drug-likeness (QED) is 0.743. The summed E-state index contributed by atoms with van der Waals surface area (Å²) in [7, 11) is 0. The Morgan fingerprint density at radius 2 is 1.43 bits per heavy atom. The Morgan fingerprint density at radius 1 is 0.857 bits per heavy atom. The first-order valence-electron chi connectivity index (χ1n) is 7.61. The molecule has 0 atom stereocenters. The smallest absolute Gasteiger partial charge is 0.232 e. The Kier molecular flexibility index (Phi) is 4.35. The Hall–Kier alpha value is -1.67. The van der Waals surface area contributed by atoms with E-state index in [4.69, 9.17) is 10.8 Å². The number of anilines is 3. The number of β-amino-alcohol motifs (C(OH)–C–C–N with tert-alkyl or cyclic N) is 1. The van der Waals surface area contributed by atoms with Crippen molar-refractivity contribution in [3.05, 3.63) is 0 Å². The standard InChI is InChI=1S/C13H23N7O/c14-11-15-12(19-3-1-2-4-19)17-13(16-11)20-7-5-18(6-8-20)9-10-21/h21H,1-10H2,(H2,14,15,16,17). The van der Waals surface area contributed by atoms with Gasteiger partial charge in [-0.3, -0.25) is 4.90 Å². The molecule has 2 saturated heterocycles. The second-order valence-corrected chi connectivity index (χ2v) is 5.54. The Morgan fingerprint density at radius 3 is 2.00 bits per heavy atom. The Bertz CT molecular complexity index is 470. The summed E-state index contributed by atoms with van der Waals surface area (Å²) in [5.74, 6) is 1.67. The molecule has 0 radical (unpaired) electrons. The maximum absolute atomic E-state index is 8.99. The van der Waals surface area contributed by atoms with E-state index in [2.05, 4.69) is 29.7 Å². The maximum Gasteiger partial charge on any atom is 0.232 e. The zero-order chi connectivity index (χ0) is 14.7. The van der Waals surface area contributed by atoms with E-state index in [-0.39, 0.29) is 6.61 Å². The molecule has 21 heavy (non-hydrogen) atoms. The van der Waals surface area contributed by atoms with E-state index < -0.39 is 0 Å². The highest BCUT2D eigenvalue weighted by atomic mass is 16.3. The summed E-state index contributed by atoms with van der Waals surface area (Å²) in [5.41, 5.74) is 5.85. The van der Waals surface area contributed by atoms with Crippen LogP contribution in [0.2, 0.25) is 0 Å². The molecule has 3 rings (SSSR count). The Balaban J connectivity index is 1.70. The van der Waals surface area contributed by atoms with Gasteiger partial charge in [-0.15, -0.1) is 0 Å². The predicted molar refractivity (Wildman–Crippen MR) is 81.4 cm³/mol. The molecular formula is C13H23N7O. The number of nitrogens with two attached hydrogens (primary N) is 1. The number of aliphatic hydroxyl groups is 1. The normalized spacial score (nSPS) is 20.2. The average Bonchev–Trinajstić information content (AvgIpc) is 3.02. The maximum atomic E-state index is 8.99. The van der Waals surface area contributed by atoms with Gasteiger partial charge in [-0.05, 0) is 12.8 Å². The van der Waals surface area contributed by atoms with Crippen LogP contribution in [-0.2, 0) is 0 Å². The minimum atomic E-state index is 0.206. The van der Waals surface area contributed by atoms with Crippen molar-refractivity contribution >= 4 is 17.8 Å². The number of aliphatic hydroxyl groups excluding tert-OH is 1. The number of aromatic nitrogens is 3. The van der Waals surface area contributed by atoms with Crippen LogP contribution in [0.3, 0.4) is 0 Å².